The van der Waals surface area contributed by atoms with E-state index in [1.54, 1.807) is 0 Å². The number of nitrogens with zero attached hydrogens (tertiary/aromatic N) is 1. The van der Waals surface area contributed by atoms with Crippen LogP contribution in [0, 0.1) is 11.6 Å². The van der Waals surface area contributed by atoms with Crippen molar-refractivity contribution in [1.82, 2.24) is 4.98 Å². The first-order valence-electron chi connectivity index (χ1n) is 5.41. The van der Waals surface area contributed by atoms with E-state index in [0.29, 0.717) is 0 Å². The second-order valence-electron chi connectivity index (χ2n) is 3.72. The van der Waals surface area contributed by atoms with Crippen LogP contribution in [0.5, 0.6) is 0 Å². The molecule has 2 aromatic rings. The van der Waals surface area contributed by atoms with E-state index in [1.807, 2.05) is 5.43 Å². The molecule has 2 rings (SSSR count). The summed E-state index contributed by atoms with van der Waals surface area (Å²) in [7, 11) is 0. The zero-order valence-corrected chi connectivity index (χ0v) is 10.7. The molecule has 0 aliphatic heterocycles. The maximum atomic E-state index is 13.8. The van der Waals surface area contributed by atoms with E-state index in [9.17, 15) is 13.6 Å². The molecule has 0 bridgehead atoms. The van der Waals surface area contributed by atoms with Crippen LogP contribution in [0.15, 0.2) is 30.5 Å². The van der Waals surface area contributed by atoms with E-state index >= 15 is 0 Å². The molecule has 104 valence electrons. The summed E-state index contributed by atoms with van der Waals surface area (Å²) >= 11 is 5.77. The van der Waals surface area contributed by atoms with Crippen molar-refractivity contribution in [2.45, 2.75) is 0 Å². The number of para-hydroxylation sites is 1. The Hall–Kier alpha value is -2.25. The Morgan fingerprint density at radius 1 is 1.30 bits per heavy atom. The summed E-state index contributed by atoms with van der Waals surface area (Å²) in [5.41, 5.74) is 1.45. The lowest BCUT2D eigenvalue weighted by Gasteiger charge is -2.10. The highest BCUT2D eigenvalue weighted by molar-refractivity contribution is 6.34. The molecule has 0 saturated heterocycles. The molecule has 1 aromatic heterocycles. The first-order valence-corrected chi connectivity index (χ1v) is 5.79. The predicted octanol–water partition coefficient (Wildman–Crippen LogP) is 2.55. The van der Waals surface area contributed by atoms with E-state index in [1.165, 1.54) is 18.3 Å². The summed E-state index contributed by atoms with van der Waals surface area (Å²) in [5, 5.41) is 2.21. The maximum Gasteiger partial charge on any atom is 0.258 e. The number of aromatic nitrogens is 1. The molecule has 0 fully saturated rings. The number of halogens is 3. The van der Waals surface area contributed by atoms with Crippen LogP contribution in [0.1, 0.15) is 10.4 Å². The highest BCUT2D eigenvalue weighted by Gasteiger charge is 2.18. The van der Waals surface area contributed by atoms with Gasteiger partial charge in [-0.05, 0) is 18.2 Å². The second-order valence-corrected chi connectivity index (χ2v) is 4.12. The van der Waals surface area contributed by atoms with E-state index in [-0.39, 0.29) is 22.1 Å². The lowest BCUT2D eigenvalue weighted by atomic mass is 10.2. The summed E-state index contributed by atoms with van der Waals surface area (Å²) in [6.07, 6.45) is 1.19. The topological polar surface area (TPSA) is 80.0 Å². The van der Waals surface area contributed by atoms with Crippen molar-refractivity contribution in [3.05, 3.63) is 52.7 Å². The van der Waals surface area contributed by atoms with Crippen molar-refractivity contribution in [1.29, 1.82) is 0 Å². The molecule has 0 aliphatic rings. The quantitative estimate of drug-likeness (QED) is 0.601. The van der Waals surface area contributed by atoms with Gasteiger partial charge in [-0.25, -0.2) is 19.6 Å². The number of nitrogens with one attached hydrogen (secondary N) is 2. The van der Waals surface area contributed by atoms with Gasteiger partial charge in [0.15, 0.2) is 11.6 Å². The minimum atomic E-state index is -0.944. The van der Waals surface area contributed by atoms with Gasteiger partial charge in [0.2, 0.25) is 0 Å². The van der Waals surface area contributed by atoms with E-state index < -0.39 is 17.5 Å². The average molecular weight is 299 g/mol. The molecule has 0 unspecified atom stereocenters. The van der Waals surface area contributed by atoms with Crippen LogP contribution >= 0.6 is 11.6 Å². The zero-order chi connectivity index (χ0) is 14.7. The highest BCUT2D eigenvalue weighted by atomic mass is 35.5. The van der Waals surface area contributed by atoms with Gasteiger partial charge < -0.3 is 10.7 Å². The van der Waals surface area contributed by atoms with Crippen LogP contribution in [0.25, 0.3) is 0 Å². The van der Waals surface area contributed by atoms with Crippen molar-refractivity contribution < 1.29 is 13.6 Å². The van der Waals surface area contributed by atoms with Crippen LogP contribution in [-0.2, 0) is 0 Å². The van der Waals surface area contributed by atoms with Crippen molar-refractivity contribution in [3.63, 3.8) is 0 Å². The fourth-order valence-corrected chi connectivity index (χ4v) is 1.73. The molecule has 20 heavy (non-hydrogen) atoms. The number of benzene rings is 1. The number of carbonyl (C=O) groups is 1. The Balaban J connectivity index is 2.34. The first-order chi connectivity index (χ1) is 9.54. The Labute approximate surface area is 117 Å². The zero-order valence-electron chi connectivity index (χ0n) is 9.95. The molecular weight excluding hydrogens is 290 g/mol. The number of anilines is 2. The average Bonchev–Trinajstić information content (AvgIpc) is 2.43. The largest absolute Gasteiger partial charge is 0.318 e. The third-order valence-corrected chi connectivity index (χ3v) is 2.79. The molecule has 0 saturated carbocycles. The number of hydrogen-bond donors (Lipinski definition) is 3. The summed E-state index contributed by atoms with van der Waals surface area (Å²) in [5.74, 6) is 2.22. The van der Waals surface area contributed by atoms with Crippen LogP contribution in [0.4, 0.5) is 20.3 Å². The Morgan fingerprint density at radius 3 is 2.70 bits per heavy atom. The molecule has 8 heteroatoms. The third-order valence-electron chi connectivity index (χ3n) is 2.47. The standard InChI is InChI=1S/C12H9ClF2N4O/c13-7-2-1-3-8(14)10(7)18-12(20)6-4-5-17-11(19-16)9(6)15/h1-5H,16H2,(H,17,19)(H,18,20). The van der Waals surface area contributed by atoms with Crippen LogP contribution in [0.2, 0.25) is 5.02 Å². The van der Waals surface area contributed by atoms with Gasteiger partial charge in [-0.3, -0.25) is 4.79 Å². The molecule has 0 aliphatic carbocycles. The highest BCUT2D eigenvalue weighted by Crippen LogP contribution is 2.25. The molecule has 5 nitrogen and oxygen atoms in total. The van der Waals surface area contributed by atoms with Crippen LogP contribution in [-0.4, -0.2) is 10.9 Å². The Bertz CT molecular complexity index is 646. The first kappa shape index (κ1) is 14.2. The van der Waals surface area contributed by atoms with Crippen molar-refractivity contribution >= 4 is 29.0 Å². The van der Waals surface area contributed by atoms with E-state index in [0.717, 1.165) is 12.1 Å². The maximum absolute atomic E-state index is 13.8. The number of amides is 1. The Morgan fingerprint density at radius 2 is 2.05 bits per heavy atom. The van der Waals surface area contributed by atoms with Gasteiger partial charge in [-0.1, -0.05) is 17.7 Å². The van der Waals surface area contributed by atoms with Crippen molar-refractivity contribution in [2.24, 2.45) is 5.84 Å². The summed E-state index contributed by atoms with van der Waals surface area (Å²) < 4.78 is 27.4. The van der Waals surface area contributed by atoms with Gasteiger partial charge >= 0.3 is 0 Å². The van der Waals surface area contributed by atoms with Crippen molar-refractivity contribution in [3.8, 4) is 0 Å². The Kier molecular flexibility index (Phi) is 4.11. The van der Waals surface area contributed by atoms with Gasteiger partial charge in [0.25, 0.3) is 5.91 Å². The van der Waals surface area contributed by atoms with Gasteiger partial charge in [-0.2, -0.15) is 0 Å². The van der Waals surface area contributed by atoms with Gasteiger partial charge in [0, 0.05) is 6.20 Å². The molecule has 0 radical (unpaired) electrons. The number of hydrogen-bond acceptors (Lipinski definition) is 4. The number of hydrazine groups is 1. The monoisotopic (exact) mass is 298 g/mol. The number of rotatable bonds is 3. The van der Waals surface area contributed by atoms with E-state index in [2.05, 4.69) is 10.3 Å². The fraction of sp³-hybridized carbons (Fsp3) is 0. The normalized spacial score (nSPS) is 10.2. The van der Waals surface area contributed by atoms with Crippen molar-refractivity contribution in [2.75, 3.05) is 10.7 Å². The number of nitrogen functional groups attached to an aromatic ring is 1. The van der Waals surface area contributed by atoms with Crippen LogP contribution < -0.4 is 16.6 Å². The lowest BCUT2D eigenvalue weighted by Crippen LogP contribution is -2.18. The molecule has 1 amide bonds. The summed E-state index contributed by atoms with van der Waals surface area (Å²) in [4.78, 5) is 15.5. The van der Waals surface area contributed by atoms with E-state index in [4.69, 9.17) is 17.4 Å². The molecule has 1 aromatic carbocycles. The number of pyridine rings is 1. The number of carbonyl (C=O) groups excluding carboxylic acids is 1. The molecular formula is C12H9ClF2N4O. The van der Waals surface area contributed by atoms with Gasteiger partial charge in [0.05, 0.1) is 16.3 Å². The molecule has 0 atom stereocenters. The third kappa shape index (κ3) is 2.68. The molecule has 0 spiro atoms. The summed E-state index contributed by atoms with van der Waals surface area (Å²) in [6.45, 7) is 0. The predicted molar refractivity (Wildman–Crippen MR) is 71.4 cm³/mol. The minimum absolute atomic E-state index is 0.00462. The van der Waals surface area contributed by atoms with Gasteiger partial charge in [0.1, 0.15) is 5.82 Å². The summed E-state index contributed by atoms with van der Waals surface area (Å²) in [6, 6.07) is 5.05. The second kappa shape index (κ2) is 5.81. The SMILES string of the molecule is NNc1nccc(C(=O)Nc2c(F)cccc2Cl)c1F. The number of nitrogens with two attached hydrogens (primary N) is 1. The minimum Gasteiger partial charge on any atom is -0.318 e. The van der Waals surface area contributed by atoms with Crippen LogP contribution in [0.3, 0.4) is 0 Å². The fourth-order valence-electron chi connectivity index (χ4n) is 1.52. The lowest BCUT2D eigenvalue weighted by molar-refractivity contribution is 0.102. The smallest absolute Gasteiger partial charge is 0.258 e. The molecule has 1 heterocycles. The molecule has 4 N–H and O–H groups in total. The van der Waals surface area contributed by atoms with Gasteiger partial charge in [-0.15, -0.1) is 0 Å².